The molecule has 0 aliphatic carbocycles. The van der Waals surface area contributed by atoms with Crippen LogP contribution >= 0.6 is 11.3 Å². The molecule has 0 aliphatic heterocycles. The molecule has 0 bridgehead atoms. The highest BCUT2D eigenvalue weighted by molar-refractivity contribution is 7.14. The Balaban J connectivity index is 2.38. The lowest BCUT2D eigenvalue weighted by Gasteiger charge is -2.19. The van der Waals surface area contributed by atoms with E-state index in [0.717, 1.165) is 5.13 Å². The number of nitrogens with one attached hydrogen (secondary N) is 1. The van der Waals surface area contributed by atoms with E-state index >= 15 is 0 Å². The molecule has 0 spiro atoms. The highest BCUT2D eigenvalue weighted by Crippen LogP contribution is 2.34. The second-order valence-corrected chi connectivity index (χ2v) is 6.09. The molecule has 19 heavy (non-hydrogen) atoms. The van der Waals surface area contributed by atoms with Gasteiger partial charge in [-0.15, -0.1) is 11.3 Å². The molecule has 2 rings (SSSR count). The minimum absolute atomic E-state index is 0.0750. The first-order valence-electron chi connectivity index (χ1n) is 5.97. The summed E-state index contributed by atoms with van der Waals surface area (Å²) in [5, 5.41) is 5.87. The van der Waals surface area contributed by atoms with Crippen LogP contribution in [0.15, 0.2) is 23.6 Å². The SMILES string of the molecule is COc1cccc(F)c1-c1csc(NC(C)(C)C)n1. The number of rotatable bonds is 3. The van der Waals surface area contributed by atoms with Gasteiger partial charge in [0.1, 0.15) is 11.6 Å². The van der Waals surface area contributed by atoms with Crippen molar-refractivity contribution >= 4 is 16.5 Å². The maximum atomic E-state index is 13.9. The monoisotopic (exact) mass is 280 g/mol. The molecule has 1 N–H and O–H groups in total. The van der Waals surface area contributed by atoms with E-state index < -0.39 is 0 Å². The van der Waals surface area contributed by atoms with E-state index in [9.17, 15) is 4.39 Å². The summed E-state index contributed by atoms with van der Waals surface area (Å²) in [4.78, 5) is 4.42. The highest BCUT2D eigenvalue weighted by Gasteiger charge is 2.17. The Labute approximate surface area is 116 Å². The summed E-state index contributed by atoms with van der Waals surface area (Å²) in [5.41, 5.74) is 0.920. The molecule has 0 amide bonds. The maximum Gasteiger partial charge on any atom is 0.183 e. The summed E-state index contributed by atoms with van der Waals surface area (Å²) in [5.74, 6) is 0.166. The van der Waals surface area contributed by atoms with Crippen LogP contribution in [0.1, 0.15) is 20.8 Å². The number of nitrogens with zero attached hydrogens (tertiary/aromatic N) is 1. The molecule has 0 unspecified atom stereocenters. The first kappa shape index (κ1) is 13.8. The van der Waals surface area contributed by atoms with Crippen molar-refractivity contribution in [1.29, 1.82) is 0 Å². The first-order valence-corrected chi connectivity index (χ1v) is 6.85. The van der Waals surface area contributed by atoms with Gasteiger partial charge in [0.05, 0.1) is 18.4 Å². The lowest BCUT2D eigenvalue weighted by atomic mass is 10.1. The Hall–Kier alpha value is -1.62. The maximum absolute atomic E-state index is 13.9. The fraction of sp³-hybridized carbons (Fsp3) is 0.357. The Morgan fingerprint density at radius 1 is 1.32 bits per heavy atom. The van der Waals surface area contributed by atoms with Gasteiger partial charge >= 0.3 is 0 Å². The van der Waals surface area contributed by atoms with Crippen molar-refractivity contribution in [3.8, 4) is 17.0 Å². The molecule has 1 heterocycles. The molecule has 3 nitrogen and oxygen atoms in total. The number of thiazole rings is 1. The number of methoxy groups -OCH3 is 1. The number of anilines is 1. The third kappa shape index (κ3) is 3.23. The van der Waals surface area contributed by atoms with Crippen LogP contribution in [0.5, 0.6) is 5.75 Å². The van der Waals surface area contributed by atoms with Crippen LogP contribution in [-0.2, 0) is 0 Å². The molecule has 0 saturated carbocycles. The zero-order valence-electron chi connectivity index (χ0n) is 11.5. The minimum atomic E-state index is -0.327. The van der Waals surface area contributed by atoms with Gasteiger partial charge in [0.2, 0.25) is 0 Å². The number of ether oxygens (including phenoxy) is 1. The molecule has 1 aromatic heterocycles. The highest BCUT2D eigenvalue weighted by atomic mass is 32.1. The smallest absolute Gasteiger partial charge is 0.183 e. The van der Waals surface area contributed by atoms with Crippen LogP contribution in [0.2, 0.25) is 0 Å². The molecular formula is C14H17FN2OS. The normalized spacial score (nSPS) is 11.4. The van der Waals surface area contributed by atoms with Crippen molar-refractivity contribution in [3.05, 3.63) is 29.4 Å². The summed E-state index contributed by atoms with van der Waals surface area (Å²) < 4.78 is 19.1. The Morgan fingerprint density at radius 2 is 2.05 bits per heavy atom. The largest absolute Gasteiger partial charge is 0.496 e. The van der Waals surface area contributed by atoms with E-state index in [-0.39, 0.29) is 11.4 Å². The Kier molecular flexibility index (Phi) is 3.75. The van der Waals surface area contributed by atoms with Gasteiger partial charge in [-0.1, -0.05) is 6.07 Å². The van der Waals surface area contributed by atoms with Gasteiger partial charge in [0.15, 0.2) is 5.13 Å². The van der Waals surface area contributed by atoms with Gasteiger partial charge in [0, 0.05) is 10.9 Å². The third-order valence-corrected chi connectivity index (χ3v) is 3.20. The van der Waals surface area contributed by atoms with Gasteiger partial charge in [-0.3, -0.25) is 0 Å². The van der Waals surface area contributed by atoms with E-state index in [0.29, 0.717) is 17.0 Å². The lowest BCUT2D eigenvalue weighted by molar-refractivity contribution is 0.413. The molecular weight excluding hydrogens is 263 g/mol. The number of hydrogen-bond donors (Lipinski definition) is 1. The zero-order valence-corrected chi connectivity index (χ0v) is 12.3. The number of aromatic nitrogens is 1. The Bertz CT molecular complexity index is 575. The van der Waals surface area contributed by atoms with Gasteiger partial charge < -0.3 is 10.1 Å². The van der Waals surface area contributed by atoms with Crippen LogP contribution < -0.4 is 10.1 Å². The van der Waals surface area contributed by atoms with E-state index in [1.54, 1.807) is 12.1 Å². The molecule has 5 heteroatoms. The van der Waals surface area contributed by atoms with Crippen LogP contribution in [0, 0.1) is 5.82 Å². The fourth-order valence-corrected chi connectivity index (χ4v) is 2.60. The Morgan fingerprint density at radius 3 is 2.68 bits per heavy atom. The van der Waals surface area contributed by atoms with Crippen molar-refractivity contribution in [1.82, 2.24) is 4.98 Å². The minimum Gasteiger partial charge on any atom is -0.496 e. The third-order valence-electron chi connectivity index (χ3n) is 2.44. The average Bonchev–Trinajstić information content (AvgIpc) is 2.74. The van der Waals surface area contributed by atoms with E-state index in [1.165, 1.54) is 24.5 Å². The molecule has 102 valence electrons. The predicted octanol–water partition coefficient (Wildman–Crippen LogP) is 4.17. The lowest BCUT2D eigenvalue weighted by Crippen LogP contribution is -2.25. The zero-order chi connectivity index (χ0) is 14.0. The quantitative estimate of drug-likeness (QED) is 0.916. The van der Waals surface area contributed by atoms with Gasteiger partial charge in [-0.05, 0) is 32.9 Å². The van der Waals surface area contributed by atoms with Gasteiger partial charge in [-0.25, -0.2) is 9.37 Å². The molecule has 2 aromatic rings. The van der Waals surface area contributed by atoms with Crippen molar-refractivity contribution in [3.63, 3.8) is 0 Å². The summed E-state index contributed by atoms with van der Waals surface area (Å²) in [6, 6.07) is 4.76. The molecule has 1 aromatic carbocycles. The van der Waals surface area contributed by atoms with Crippen molar-refractivity contribution in [2.75, 3.05) is 12.4 Å². The molecule has 0 radical (unpaired) electrons. The summed E-state index contributed by atoms with van der Waals surface area (Å²) >= 11 is 1.45. The van der Waals surface area contributed by atoms with Crippen molar-refractivity contribution in [2.45, 2.75) is 26.3 Å². The van der Waals surface area contributed by atoms with Crippen LogP contribution in [0.3, 0.4) is 0 Å². The second kappa shape index (κ2) is 5.17. The molecule has 0 saturated heterocycles. The second-order valence-electron chi connectivity index (χ2n) is 5.23. The number of halogens is 1. The van der Waals surface area contributed by atoms with Gasteiger partial charge in [0.25, 0.3) is 0 Å². The first-order chi connectivity index (χ1) is 8.90. The van der Waals surface area contributed by atoms with E-state index in [1.807, 2.05) is 5.38 Å². The molecule has 0 atom stereocenters. The molecule has 0 fully saturated rings. The topological polar surface area (TPSA) is 34.1 Å². The van der Waals surface area contributed by atoms with E-state index in [4.69, 9.17) is 4.74 Å². The summed E-state index contributed by atoms with van der Waals surface area (Å²) in [6.45, 7) is 6.16. The van der Waals surface area contributed by atoms with Crippen LogP contribution in [0.25, 0.3) is 11.3 Å². The standard InChI is InChI=1S/C14H17FN2OS/c1-14(2,3)17-13-16-10(8-19-13)12-9(15)6-5-7-11(12)18-4/h5-8H,1-4H3,(H,16,17). The summed E-state index contributed by atoms with van der Waals surface area (Å²) in [7, 11) is 1.53. The van der Waals surface area contributed by atoms with Crippen molar-refractivity contribution < 1.29 is 9.13 Å². The van der Waals surface area contributed by atoms with Crippen LogP contribution in [-0.4, -0.2) is 17.6 Å². The molecule has 0 aliphatic rings. The predicted molar refractivity (Wildman–Crippen MR) is 77.4 cm³/mol. The summed E-state index contributed by atoms with van der Waals surface area (Å²) in [6.07, 6.45) is 0. The van der Waals surface area contributed by atoms with Crippen molar-refractivity contribution in [2.24, 2.45) is 0 Å². The van der Waals surface area contributed by atoms with E-state index in [2.05, 4.69) is 31.1 Å². The van der Waals surface area contributed by atoms with Crippen LogP contribution in [0.4, 0.5) is 9.52 Å². The number of hydrogen-bond acceptors (Lipinski definition) is 4. The number of benzene rings is 1. The average molecular weight is 280 g/mol. The fourth-order valence-electron chi connectivity index (χ4n) is 1.69. The van der Waals surface area contributed by atoms with Gasteiger partial charge in [-0.2, -0.15) is 0 Å².